The number of aromatic amines is 1. The van der Waals surface area contributed by atoms with Gasteiger partial charge in [0, 0.05) is 18.0 Å². The van der Waals surface area contributed by atoms with Crippen molar-refractivity contribution >= 4 is 17.2 Å². The van der Waals surface area contributed by atoms with Gasteiger partial charge < -0.3 is 9.64 Å². The summed E-state index contributed by atoms with van der Waals surface area (Å²) in [6, 6.07) is 8.46. The number of rotatable bonds is 6. The predicted octanol–water partition coefficient (Wildman–Crippen LogP) is 4.16. The summed E-state index contributed by atoms with van der Waals surface area (Å²) in [7, 11) is 1.71. The predicted molar refractivity (Wildman–Crippen MR) is 94.1 cm³/mol. The minimum absolute atomic E-state index is 0.0208. The second-order valence-corrected chi connectivity index (χ2v) is 6.73. The number of hydrogen-bond donors (Lipinski definition) is 1. The lowest BCUT2D eigenvalue weighted by Crippen LogP contribution is -2.29. The molecule has 8 heteroatoms. The lowest BCUT2D eigenvalue weighted by atomic mass is 10.2. The number of hydrogen-bond acceptors (Lipinski definition) is 4. The van der Waals surface area contributed by atoms with Crippen molar-refractivity contribution in [1.29, 1.82) is 0 Å². The average molecular weight is 377 g/mol. The Morgan fingerprint density at radius 1 is 1.35 bits per heavy atom. The van der Waals surface area contributed by atoms with Gasteiger partial charge in [0.25, 0.3) is 5.91 Å². The fourth-order valence-electron chi connectivity index (χ4n) is 2.37. The molecular weight excluding hydrogens is 360 g/mol. The van der Waals surface area contributed by atoms with E-state index in [1.165, 1.54) is 6.07 Å². The van der Waals surface area contributed by atoms with Gasteiger partial charge in [0.1, 0.15) is 12.4 Å². The van der Waals surface area contributed by atoms with Crippen molar-refractivity contribution in [1.82, 2.24) is 15.1 Å². The van der Waals surface area contributed by atoms with E-state index in [-0.39, 0.29) is 30.0 Å². The number of benzene rings is 1. The number of aromatic nitrogens is 2. The molecular formula is C18H17F2N3O2S. The molecule has 5 nitrogen and oxygen atoms in total. The van der Waals surface area contributed by atoms with Gasteiger partial charge in [0.05, 0.1) is 11.7 Å². The molecule has 0 fully saturated rings. The van der Waals surface area contributed by atoms with Crippen molar-refractivity contribution in [2.24, 2.45) is 0 Å². The SMILES string of the molecule is CC(c1cccs1)N(C)C(=O)c1cc(COc2ccc(F)cc2F)[nH]n1. The molecule has 2 aromatic heterocycles. The van der Waals surface area contributed by atoms with Crippen molar-refractivity contribution in [2.75, 3.05) is 7.05 Å². The lowest BCUT2D eigenvalue weighted by Gasteiger charge is -2.23. The molecule has 1 unspecified atom stereocenters. The molecule has 0 saturated carbocycles. The largest absolute Gasteiger partial charge is 0.484 e. The monoisotopic (exact) mass is 377 g/mol. The van der Waals surface area contributed by atoms with Gasteiger partial charge in [-0.1, -0.05) is 6.07 Å². The zero-order chi connectivity index (χ0) is 18.7. The summed E-state index contributed by atoms with van der Waals surface area (Å²) in [5, 5.41) is 8.66. The number of amides is 1. The van der Waals surface area contributed by atoms with E-state index in [4.69, 9.17) is 4.74 Å². The van der Waals surface area contributed by atoms with E-state index in [2.05, 4.69) is 10.2 Å². The molecule has 0 radical (unpaired) electrons. The summed E-state index contributed by atoms with van der Waals surface area (Å²) < 4.78 is 31.8. The number of carbonyl (C=O) groups excluding carboxylic acids is 1. The molecule has 26 heavy (non-hydrogen) atoms. The maximum atomic E-state index is 13.6. The van der Waals surface area contributed by atoms with Crippen LogP contribution >= 0.6 is 11.3 Å². The fourth-order valence-corrected chi connectivity index (χ4v) is 3.20. The molecule has 2 heterocycles. The van der Waals surface area contributed by atoms with E-state index in [0.717, 1.165) is 17.0 Å². The van der Waals surface area contributed by atoms with E-state index in [0.29, 0.717) is 5.69 Å². The summed E-state index contributed by atoms with van der Waals surface area (Å²) in [4.78, 5) is 15.2. The highest BCUT2D eigenvalue weighted by atomic mass is 32.1. The fraction of sp³-hybridized carbons (Fsp3) is 0.222. The van der Waals surface area contributed by atoms with Crippen LogP contribution < -0.4 is 4.74 Å². The summed E-state index contributed by atoms with van der Waals surface area (Å²) in [6.45, 7) is 1.92. The molecule has 3 rings (SSSR count). The Labute approximate surface area is 153 Å². The first kappa shape index (κ1) is 18.1. The van der Waals surface area contributed by atoms with Crippen molar-refractivity contribution < 1.29 is 18.3 Å². The lowest BCUT2D eigenvalue weighted by molar-refractivity contribution is 0.0739. The van der Waals surface area contributed by atoms with E-state index in [1.54, 1.807) is 29.4 Å². The molecule has 1 amide bonds. The topological polar surface area (TPSA) is 58.2 Å². The van der Waals surface area contributed by atoms with Crippen LogP contribution in [0.2, 0.25) is 0 Å². The van der Waals surface area contributed by atoms with Gasteiger partial charge in [-0.15, -0.1) is 11.3 Å². The zero-order valence-corrected chi connectivity index (χ0v) is 15.0. The number of ether oxygens (including phenoxy) is 1. The van der Waals surface area contributed by atoms with E-state index >= 15 is 0 Å². The molecule has 0 aliphatic heterocycles. The first-order valence-corrected chi connectivity index (χ1v) is 8.76. The average Bonchev–Trinajstić information content (AvgIpc) is 3.31. The molecule has 3 aromatic rings. The number of halogens is 2. The Kier molecular flexibility index (Phi) is 5.32. The number of nitrogens with one attached hydrogen (secondary N) is 1. The molecule has 0 bridgehead atoms. The second-order valence-electron chi connectivity index (χ2n) is 5.75. The summed E-state index contributed by atoms with van der Waals surface area (Å²) >= 11 is 1.58. The first-order valence-electron chi connectivity index (χ1n) is 7.88. The minimum atomic E-state index is -0.787. The van der Waals surface area contributed by atoms with Crippen LogP contribution in [-0.2, 0) is 6.61 Å². The van der Waals surface area contributed by atoms with Gasteiger partial charge in [-0.25, -0.2) is 8.78 Å². The minimum Gasteiger partial charge on any atom is -0.484 e. The van der Waals surface area contributed by atoms with Gasteiger partial charge >= 0.3 is 0 Å². The number of nitrogens with zero attached hydrogens (tertiary/aromatic N) is 2. The molecule has 136 valence electrons. The van der Waals surface area contributed by atoms with Gasteiger partial charge in [0.15, 0.2) is 17.3 Å². The van der Waals surface area contributed by atoms with Crippen molar-refractivity contribution in [2.45, 2.75) is 19.6 Å². The summed E-state index contributed by atoms with van der Waals surface area (Å²) in [6.07, 6.45) is 0. The van der Waals surface area contributed by atoms with Crippen LogP contribution in [0.4, 0.5) is 8.78 Å². The van der Waals surface area contributed by atoms with Gasteiger partial charge in [-0.05, 0) is 36.6 Å². The maximum Gasteiger partial charge on any atom is 0.274 e. The standard InChI is InChI=1S/C18H17F2N3O2S/c1-11(17-4-3-7-26-17)23(2)18(24)15-9-13(21-22-15)10-25-16-6-5-12(19)8-14(16)20/h3-9,11H,10H2,1-2H3,(H,21,22). The van der Waals surface area contributed by atoms with E-state index in [9.17, 15) is 13.6 Å². The quantitative estimate of drug-likeness (QED) is 0.702. The van der Waals surface area contributed by atoms with Gasteiger partial charge in [-0.3, -0.25) is 9.89 Å². The molecule has 0 aliphatic rings. The molecule has 0 saturated heterocycles. The van der Waals surface area contributed by atoms with E-state index < -0.39 is 11.6 Å². The molecule has 0 aliphatic carbocycles. The van der Waals surface area contributed by atoms with Crippen LogP contribution in [0.5, 0.6) is 5.75 Å². The Morgan fingerprint density at radius 2 is 2.15 bits per heavy atom. The van der Waals surface area contributed by atoms with Gasteiger partial charge in [0.2, 0.25) is 0 Å². The van der Waals surface area contributed by atoms with Gasteiger partial charge in [-0.2, -0.15) is 5.10 Å². The van der Waals surface area contributed by atoms with Crippen LogP contribution in [0.25, 0.3) is 0 Å². The number of thiophene rings is 1. The molecule has 1 aromatic carbocycles. The molecule has 1 N–H and O–H groups in total. The number of carbonyl (C=O) groups is 1. The van der Waals surface area contributed by atoms with Crippen LogP contribution in [0.3, 0.4) is 0 Å². The Balaban J connectivity index is 1.64. The van der Waals surface area contributed by atoms with Crippen LogP contribution in [-0.4, -0.2) is 28.1 Å². The number of H-pyrrole nitrogens is 1. The maximum absolute atomic E-state index is 13.6. The Hall–Kier alpha value is -2.74. The Morgan fingerprint density at radius 3 is 2.85 bits per heavy atom. The third kappa shape index (κ3) is 3.91. The highest BCUT2D eigenvalue weighted by molar-refractivity contribution is 7.10. The summed E-state index contributed by atoms with van der Waals surface area (Å²) in [5.74, 6) is -1.77. The van der Waals surface area contributed by atoms with Crippen molar-refractivity contribution in [3.05, 3.63) is 69.7 Å². The third-order valence-electron chi connectivity index (χ3n) is 3.98. The first-order chi connectivity index (χ1) is 12.5. The smallest absolute Gasteiger partial charge is 0.274 e. The highest BCUT2D eigenvalue weighted by Crippen LogP contribution is 2.24. The Bertz CT molecular complexity index is 896. The summed E-state index contributed by atoms with van der Waals surface area (Å²) in [5.41, 5.74) is 0.753. The molecule has 1 atom stereocenters. The third-order valence-corrected chi connectivity index (χ3v) is 5.03. The molecule has 0 spiro atoms. The highest BCUT2D eigenvalue weighted by Gasteiger charge is 2.22. The second kappa shape index (κ2) is 7.65. The van der Waals surface area contributed by atoms with Crippen LogP contribution in [0.15, 0.2) is 41.8 Å². The van der Waals surface area contributed by atoms with Crippen LogP contribution in [0.1, 0.15) is 34.0 Å². The van der Waals surface area contributed by atoms with Crippen molar-refractivity contribution in [3.8, 4) is 5.75 Å². The van der Waals surface area contributed by atoms with Crippen LogP contribution in [0, 0.1) is 11.6 Å². The normalized spacial score (nSPS) is 12.0. The van der Waals surface area contributed by atoms with E-state index in [1.807, 2.05) is 24.4 Å². The zero-order valence-electron chi connectivity index (χ0n) is 14.2. The van der Waals surface area contributed by atoms with Crippen molar-refractivity contribution in [3.63, 3.8) is 0 Å².